The van der Waals surface area contributed by atoms with Crippen LogP contribution in [0.3, 0.4) is 0 Å². The summed E-state index contributed by atoms with van der Waals surface area (Å²) in [4.78, 5) is 2.64. The van der Waals surface area contributed by atoms with Crippen molar-refractivity contribution in [3.63, 3.8) is 0 Å². The van der Waals surface area contributed by atoms with E-state index in [0.717, 1.165) is 13.0 Å². The second-order valence-corrected chi connectivity index (χ2v) is 2.13. The highest BCUT2D eigenvalue weighted by Crippen LogP contribution is 1.85. The van der Waals surface area contributed by atoms with Crippen molar-refractivity contribution in [1.29, 1.82) is 0 Å². The van der Waals surface area contributed by atoms with E-state index < -0.39 is 0 Å². The molecule has 0 aliphatic rings. The van der Waals surface area contributed by atoms with Crippen molar-refractivity contribution in [2.24, 2.45) is 15.5 Å². The lowest BCUT2D eigenvalue weighted by atomic mass is 10.4. The third-order valence-electron chi connectivity index (χ3n) is 1.13. The van der Waals surface area contributed by atoms with Gasteiger partial charge in [-0.05, 0) is 12.0 Å². The highest BCUT2D eigenvalue weighted by Gasteiger charge is 1.92. The molecule has 0 aromatic carbocycles. The highest BCUT2D eigenvalue weighted by atomic mass is 15.7. The molecule has 0 aromatic rings. The average molecular weight is 171 g/mol. The van der Waals surface area contributed by atoms with E-state index in [1.807, 2.05) is 7.05 Å². The van der Waals surface area contributed by atoms with Crippen molar-refractivity contribution in [3.05, 3.63) is 10.4 Å². The molecule has 68 valence electrons. The topological polar surface area (TPSA) is 88.8 Å². The first-order chi connectivity index (χ1) is 5.81. The van der Waals surface area contributed by atoms with Crippen LogP contribution in [0.15, 0.2) is 15.5 Å². The van der Waals surface area contributed by atoms with Crippen LogP contribution in [-0.4, -0.2) is 32.2 Å². The number of nitrogens with zero attached hydrogens (tertiary/aromatic N) is 6. The molecule has 7 heteroatoms. The molecule has 0 aliphatic carbocycles. The molecule has 0 bridgehead atoms. The van der Waals surface area contributed by atoms with E-state index >= 15 is 0 Å². The molecule has 0 radical (unpaired) electrons. The first kappa shape index (κ1) is 10.7. The maximum atomic E-state index is 7.97. The molecule has 0 amide bonds. The molecule has 7 nitrogen and oxygen atoms in total. The lowest BCUT2D eigenvalue weighted by Crippen LogP contribution is -2.30. The van der Waals surface area contributed by atoms with Gasteiger partial charge in [0, 0.05) is 25.0 Å². The zero-order valence-electron chi connectivity index (χ0n) is 7.30. The molecule has 0 saturated heterocycles. The molecule has 1 N–H and O–H groups in total. The van der Waals surface area contributed by atoms with Crippen molar-refractivity contribution in [1.82, 2.24) is 10.5 Å². The molecule has 0 saturated carbocycles. The lowest BCUT2D eigenvalue weighted by molar-refractivity contribution is 0.231. The molecule has 12 heavy (non-hydrogen) atoms. The van der Waals surface area contributed by atoms with Gasteiger partial charge in [0.2, 0.25) is 0 Å². The predicted octanol–water partition coefficient (Wildman–Crippen LogP) is 1.12. The first-order valence-electron chi connectivity index (χ1n) is 3.57. The Morgan fingerprint density at radius 2 is 2.33 bits per heavy atom. The van der Waals surface area contributed by atoms with Gasteiger partial charge in [-0.25, -0.2) is 10.5 Å². The van der Waals surface area contributed by atoms with Crippen molar-refractivity contribution in [2.45, 2.75) is 6.42 Å². The summed E-state index contributed by atoms with van der Waals surface area (Å²) in [5.74, 6) is 0. The minimum Gasteiger partial charge on any atom is -0.222 e. The van der Waals surface area contributed by atoms with Gasteiger partial charge in [-0.15, -0.1) is 0 Å². The van der Waals surface area contributed by atoms with Crippen LogP contribution >= 0.6 is 0 Å². The minimum absolute atomic E-state index is 0.506. The number of hydrogen-bond donors (Lipinski definition) is 1. The zero-order chi connectivity index (χ0) is 9.23. The molecule has 0 fully saturated rings. The number of azide groups is 1. The SMILES string of the molecule is CN=NNN(C)CCCN=[N+]=[N-]. The number of nitrogens with one attached hydrogen (secondary N) is 1. The maximum Gasteiger partial charge on any atom is 0.0509 e. The van der Waals surface area contributed by atoms with Crippen molar-refractivity contribution in [2.75, 3.05) is 27.2 Å². The fourth-order valence-electron chi connectivity index (χ4n) is 0.594. The van der Waals surface area contributed by atoms with Gasteiger partial charge in [0.25, 0.3) is 0 Å². The summed E-state index contributed by atoms with van der Waals surface area (Å²) in [5, 5.41) is 12.2. The second-order valence-electron chi connectivity index (χ2n) is 2.13. The molecular formula is C5H13N7. The van der Waals surface area contributed by atoms with E-state index in [9.17, 15) is 0 Å². The van der Waals surface area contributed by atoms with E-state index in [0.29, 0.717) is 6.54 Å². The van der Waals surface area contributed by atoms with Crippen LogP contribution in [-0.2, 0) is 0 Å². The van der Waals surface area contributed by atoms with Crippen LogP contribution in [0.25, 0.3) is 10.4 Å². The molecule has 0 heterocycles. The van der Waals surface area contributed by atoms with Crippen molar-refractivity contribution < 1.29 is 0 Å². The van der Waals surface area contributed by atoms with E-state index in [1.165, 1.54) is 0 Å². The van der Waals surface area contributed by atoms with Crippen LogP contribution in [0.4, 0.5) is 0 Å². The Balaban J connectivity index is 3.30. The molecule has 0 atom stereocenters. The van der Waals surface area contributed by atoms with Crippen LogP contribution in [0.2, 0.25) is 0 Å². The molecule has 0 spiro atoms. The van der Waals surface area contributed by atoms with E-state index in [1.54, 1.807) is 12.1 Å². The molecule has 0 rings (SSSR count). The van der Waals surface area contributed by atoms with Crippen molar-refractivity contribution in [3.8, 4) is 0 Å². The van der Waals surface area contributed by atoms with Gasteiger partial charge in [0.05, 0.1) is 7.05 Å². The standard InChI is InChI=1S/C5H13N7/c1-7-10-11-12(2)5-3-4-8-9-6/h3-5H2,1-2H3,(H,7,11). The van der Waals surface area contributed by atoms with Gasteiger partial charge in [0.1, 0.15) is 0 Å². The van der Waals surface area contributed by atoms with Gasteiger partial charge in [0.15, 0.2) is 0 Å². The van der Waals surface area contributed by atoms with Crippen molar-refractivity contribution >= 4 is 0 Å². The Hall–Kier alpha value is -1.33. The molecular weight excluding hydrogens is 158 g/mol. The summed E-state index contributed by atoms with van der Waals surface area (Å²) in [7, 11) is 3.42. The Morgan fingerprint density at radius 3 is 2.92 bits per heavy atom. The number of hydrogen-bond acceptors (Lipinski definition) is 4. The Bertz CT molecular complexity index is 171. The van der Waals surface area contributed by atoms with Crippen LogP contribution in [0.5, 0.6) is 0 Å². The fourth-order valence-corrected chi connectivity index (χ4v) is 0.594. The van der Waals surface area contributed by atoms with Gasteiger partial charge >= 0.3 is 0 Å². The number of rotatable bonds is 6. The first-order valence-corrected chi connectivity index (χ1v) is 3.57. The summed E-state index contributed by atoms with van der Waals surface area (Å²) < 4.78 is 0. The lowest BCUT2D eigenvalue weighted by Gasteiger charge is -2.12. The average Bonchev–Trinajstić information content (AvgIpc) is 2.09. The summed E-state index contributed by atoms with van der Waals surface area (Å²) in [5.41, 5.74) is 10.6. The van der Waals surface area contributed by atoms with Crippen LogP contribution < -0.4 is 5.53 Å². The van der Waals surface area contributed by atoms with E-state index in [-0.39, 0.29) is 0 Å². The van der Waals surface area contributed by atoms with Gasteiger partial charge < -0.3 is 0 Å². The largest absolute Gasteiger partial charge is 0.222 e. The Labute approximate surface area is 71.0 Å². The summed E-state index contributed by atoms with van der Waals surface area (Å²) in [6.45, 7) is 1.27. The maximum absolute atomic E-state index is 7.97. The smallest absolute Gasteiger partial charge is 0.0509 e. The van der Waals surface area contributed by atoms with Gasteiger partial charge in [-0.2, -0.15) is 5.11 Å². The van der Waals surface area contributed by atoms with E-state index in [4.69, 9.17) is 5.53 Å². The summed E-state index contributed by atoms with van der Waals surface area (Å²) in [6, 6.07) is 0. The monoisotopic (exact) mass is 171 g/mol. The van der Waals surface area contributed by atoms with Crippen LogP contribution in [0.1, 0.15) is 6.42 Å². The molecule has 0 unspecified atom stereocenters. The fraction of sp³-hybridized carbons (Fsp3) is 1.00. The quantitative estimate of drug-likeness (QED) is 0.213. The van der Waals surface area contributed by atoms with Gasteiger partial charge in [-0.3, -0.25) is 0 Å². The second kappa shape index (κ2) is 7.77. The Kier molecular flexibility index (Phi) is 6.91. The van der Waals surface area contributed by atoms with Crippen LogP contribution in [0, 0.1) is 0 Å². The minimum atomic E-state index is 0.506. The molecule has 0 aliphatic heterocycles. The summed E-state index contributed by atoms with van der Waals surface area (Å²) >= 11 is 0. The highest BCUT2D eigenvalue weighted by molar-refractivity contribution is 4.49. The zero-order valence-corrected chi connectivity index (χ0v) is 7.30. The third kappa shape index (κ3) is 6.79. The number of hydrazine groups is 1. The van der Waals surface area contributed by atoms with E-state index in [2.05, 4.69) is 25.9 Å². The normalized spacial score (nSPS) is 10.2. The predicted molar refractivity (Wildman–Crippen MR) is 45.2 cm³/mol. The third-order valence-corrected chi connectivity index (χ3v) is 1.13. The molecule has 0 aromatic heterocycles. The van der Waals surface area contributed by atoms with Gasteiger partial charge in [-0.1, -0.05) is 10.3 Å². The Morgan fingerprint density at radius 1 is 1.58 bits per heavy atom. The summed E-state index contributed by atoms with van der Waals surface area (Å²) in [6.07, 6.45) is 0.798.